The molecule has 0 aliphatic carbocycles. The highest BCUT2D eigenvalue weighted by molar-refractivity contribution is 7.93. The van der Waals surface area contributed by atoms with Gasteiger partial charge in [0, 0.05) is 22.0 Å². The Morgan fingerprint density at radius 3 is 2.26 bits per heavy atom. The fourth-order valence-electron chi connectivity index (χ4n) is 3.85. The highest BCUT2D eigenvalue weighted by Crippen LogP contribution is 2.31. The van der Waals surface area contributed by atoms with Crippen LogP contribution in [0.2, 0.25) is 0 Å². The smallest absolute Gasteiger partial charge is 0.338 e. The van der Waals surface area contributed by atoms with Crippen molar-refractivity contribution in [3.05, 3.63) is 83.4 Å². The van der Waals surface area contributed by atoms with Gasteiger partial charge < -0.3 is 10.1 Å². The molecule has 0 spiro atoms. The van der Waals surface area contributed by atoms with Crippen LogP contribution in [-0.4, -0.2) is 41.4 Å². The van der Waals surface area contributed by atoms with Crippen LogP contribution < -0.4 is 10.0 Å². The molecular weight excluding hydrogens is 536 g/mol. The number of aromatic nitrogens is 4. The molecule has 5 aromatic rings. The number of carbonyl (C=O) groups is 1. The van der Waals surface area contributed by atoms with Gasteiger partial charge in [0.2, 0.25) is 5.13 Å². The first-order chi connectivity index (χ1) is 18.9. The fourth-order valence-corrected chi connectivity index (χ4v) is 5.76. The number of nitrogens with zero attached hydrogens (tertiary/aromatic N) is 4. The number of anilines is 3. The molecular formula is C27H24N6O4S2. The van der Waals surface area contributed by atoms with Crippen LogP contribution in [0, 0.1) is 0 Å². The molecule has 3 aromatic carbocycles. The average molecular weight is 561 g/mol. The molecule has 5 rings (SSSR count). The molecule has 2 N–H and O–H groups in total. The third-order valence-corrected chi connectivity index (χ3v) is 8.24. The Labute approximate surface area is 229 Å². The summed E-state index contributed by atoms with van der Waals surface area (Å²) in [4.78, 5) is 12.1. The molecule has 0 radical (unpaired) electrons. The topological polar surface area (TPSA) is 136 Å². The molecule has 0 aliphatic heterocycles. The Kier molecular flexibility index (Phi) is 7.48. The van der Waals surface area contributed by atoms with Gasteiger partial charge in [0.25, 0.3) is 10.0 Å². The number of aryl methyl sites for hydroxylation is 1. The van der Waals surface area contributed by atoms with Crippen molar-refractivity contribution in [3.8, 4) is 11.3 Å². The van der Waals surface area contributed by atoms with E-state index in [1.807, 2.05) is 43.3 Å². The summed E-state index contributed by atoms with van der Waals surface area (Å²) in [5.74, 6) is 0.146. The van der Waals surface area contributed by atoms with E-state index >= 15 is 0 Å². The molecule has 0 amide bonds. The third kappa shape index (κ3) is 5.71. The SMILES string of the molecule is CCOC(=O)c1ccc(-c2nnc(Nc3ccc(S(=O)(=O)Nc4nnc(CC)s4)cc3)c3ccccc23)cc1. The van der Waals surface area contributed by atoms with E-state index in [-0.39, 0.29) is 16.0 Å². The van der Waals surface area contributed by atoms with Crippen molar-refractivity contribution in [2.75, 3.05) is 16.6 Å². The maximum absolute atomic E-state index is 12.8. The van der Waals surface area contributed by atoms with Crippen molar-refractivity contribution in [1.29, 1.82) is 0 Å². The van der Waals surface area contributed by atoms with Crippen LogP contribution in [0.5, 0.6) is 0 Å². The third-order valence-electron chi connectivity index (χ3n) is 5.78. The fraction of sp³-hybridized carbons (Fsp3) is 0.148. The molecule has 2 aromatic heterocycles. The van der Waals surface area contributed by atoms with Gasteiger partial charge in [-0.25, -0.2) is 13.2 Å². The first-order valence-corrected chi connectivity index (χ1v) is 14.4. The van der Waals surface area contributed by atoms with E-state index in [2.05, 4.69) is 30.4 Å². The number of nitrogens with one attached hydrogen (secondary N) is 2. The Bertz CT molecular complexity index is 1740. The van der Waals surface area contributed by atoms with E-state index in [4.69, 9.17) is 4.74 Å². The van der Waals surface area contributed by atoms with Crippen LogP contribution in [-0.2, 0) is 21.2 Å². The molecule has 0 saturated heterocycles. The van der Waals surface area contributed by atoms with Gasteiger partial charge in [-0.1, -0.05) is 54.7 Å². The van der Waals surface area contributed by atoms with Crippen LogP contribution in [0.3, 0.4) is 0 Å². The zero-order valence-corrected chi connectivity index (χ0v) is 22.7. The predicted octanol–water partition coefficient (Wildman–Crippen LogP) is 5.43. The van der Waals surface area contributed by atoms with Gasteiger partial charge in [-0.2, -0.15) is 0 Å². The van der Waals surface area contributed by atoms with E-state index < -0.39 is 10.0 Å². The molecule has 12 heteroatoms. The number of fused-ring (bicyclic) bond motifs is 1. The first kappa shape index (κ1) is 26.2. The molecule has 39 heavy (non-hydrogen) atoms. The summed E-state index contributed by atoms with van der Waals surface area (Å²) in [6.07, 6.45) is 0.681. The molecule has 0 aliphatic rings. The van der Waals surface area contributed by atoms with Gasteiger partial charge in [0.1, 0.15) is 10.7 Å². The normalized spacial score (nSPS) is 11.3. The van der Waals surface area contributed by atoms with E-state index in [9.17, 15) is 13.2 Å². The minimum atomic E-state index is -3.81. The highest BCUT2D eigenvalue weighted by atomic mass is 32.2. The number of benzene rings is 3. The number of sulfonamides is 1. The zero-order chi connectivity index (χ0) is 27.4. The van der Waals surface area contributed by atoms with Crippen molar-refractivity contribution in [3.63, 3.8) is 0 Å². The summed E-state index contributed by atoms with van der Waals surface area (Å²) >= 11 is 1.20. The largest absolute Gasteiger partial charge is 0.462 e. The number of hydrogen-bond donors (Lipinski definition) is 2. The second kappa shape index (κ2) is 11.1. The highest BCUT2D eigenvalue weighted by Gasteiger charge is 2.17. The van der Waals surface area contributed by atoms with Gasteiger partial charge in [0.15, 0.2) is 5.82 Å². The molecule has 10 nitrogen and oxygen atoms in total. The maximum atomic E-state index is 12.8. The Morgan fingerprint density at radius 2 is 1.59 bits per heavy atom. The Morgan fingerprint density at radius 1 is 0.872 bits per heavy atom. The van der Waals surface area contributed by atoms with Gasteiger partial charge in [0.05, 0.1) is 17.1 Å². The van der Waals surface area contributed by atoms with Crippen LogP contribution >= 0.6 is 11.3 Å². The minimum Gasteiger partial charge on any atom is -0.462 e. The summed E-state index contributed by atoms with van der Waals surface area (Å²) in [6, 6.07) is 21.0. The van der Waals surface area contributed by atoms with Crippen LogP contribution in [0.15, 0.2) is 77.7 Å². The molecule has 0 fully saturated rings. The van der Waals surface area contributed by atoms with Gasteiger partial charge in [-0.05, 0) is 49.7 Å². The summed E-state index contributed by atoms with van der Waals surface area (Å²) < 4.78 is 33.1. The molecule has 0 saturated carbocycles. The van der Waals surface area contributed by atoms with E-state index in [0.29, 0.717) is 35.8 Å². The standard InChI is InChI=1S/C27H24N6O4S2/c1-3-23-29-32-27(38-23)33-39(35,36)20-15-13-19(14-16-20)28-25-22-8-6-5-7-21(22)24(30-31-25)17-9-11-18(12-10-17)26(34)37-4-2/h5-16H,3-4H2,1-2H3,(H,28,31)(H,32,33). The predicted molar refractivity (Wildman–Crippen MR) is 151 cm³/mol. The number of carbonyl (C=O) groups excluding carboxylic acids is 1. The number of rotatable bonds is 9. The van der Waals surface area contributed by atoms with Crippen molar-refractivity contribution < 1.29 is 17.9 Å². The average Bonchev–Trinajstić information content (AvgIpc) is 3.40. The quantitative estimate of drug-likeness (QED) is 0.226. The second-order valence-electron chi connectivity index (χ2n) is 8.35. The van der Waals surface area contributed by atoms with E-state index in [1.54, 1.807) is 31.2 Å². The zero-order valence-electron chi connectivity index (χ0n) is 21.1. The van der Waals surface area contributed by atoms with Gasteiger partial charge >= 0.3 is 5.97 Å². The lowest BCUT2D eigenvalue weighted by molar-refractivity contribution is 0.0526. The minimum absolute atomic E-state index is 0.0962. The molecule has 2 heterocycles. The second-order valence-corrected chi connectivity index (χ2v) is 11.1. The maximum Gasteiger partial charge on any atom is 0.338 e. The first-order valence-electron chi connectivity index (χ1n) is 12.1. The monoisotopic (exact) mass is 560 g/mol. The lowest BCUT2D eigenvalue weighted by Crippen LogP contribution is -2.12. The van der Waals surface area contributed by atoms with Crippen molar-refractivity contribution in [1.82, 2.24) is 20.4 Å². The number of hydrogen-bond acceptors (Lipinski definition) is 10. The lowest BCUT2D eigenvalue weighted by Gasteiger charge is -2.12. The molecule has 198 valence electrons. The van der Waals surface area contributed by atoms with Gasteiger partial charge in [-0.3, -0.25) is 4.72 Å². The summed E-state index contributed by atoms with van der Waals surface area (Å²) in [5, 5.41) is 22.6. The van der Waals surface area contributed by atoms with Crippen molar-refractivity contribution in [2.24, 2.45) is 0 Å². The summed E-state index contributed by atoms with van der Waals surface area (Å²) in [5.41, 5.74) is 2.58. The number of ether oxygens (including phenoxy) is 1. The Hall–Kier alpha value is -4.42. The van der Waals surface area contributed by atoms with Crippen LogP contribution in [0.1, 0.15) is 29.2 Å². The van der Waals surface area contributed by atoms with E-state index in [1.165, 1.54) is 23.5 Å². The molecule has 0 bridgehead atoms. The molecule has 0 atom stereocenters. The van der Waals surface area contributed by atoms with Crippen LogP contribution in [0.25, 0.3) is 22.0 Å². The van der Waals surface area contributed by atoms with Crippen LogP contribution in [0.4, 0.5) is 16.6 Å². The summed E-state index contributed by atoms with van der Waals surface area (Å²) in [7, 11) is -3.81. The number of esters is 1. The van der Waals surface area contributed by atoms with Crippen molar-refractivity contribution >= 4 is 54.7 Å². The molecule has 0 unspecified atom stereocenters. The van der Waals surface area contributed by atoms with E-state index in [0.717, 1.165) is 21.3 Å². The Balaban J connectivity index is 1.38. The summed E-state index contributed by atoms with van der Waals surface area (Å²) in [6.45, 7) is 4.00. The lowest BCUT2D eigenvalue weighted by atomic mass is 10.0. The van der Waals surface area contributed by atoms with Crippen molar-refractivity contribution in [2.45, 2.75) is 25.2 Å². The van der Waals surface area contributed by atoms with Gasteiger partial charge in [-0.15, -0.1) is 20.4 Å².